The second kappa shape index (κ2) is 9.20. The molecule has 0 saturated carbocycles. The van der Waals surface area contributed by atoms with E-state index >= 15 is 0 Å². The van der Waals surface area contributed by atoms with E-state index in [1.54, 1.807) is 12.4 Å². The van der Waals surface area contributed by atoms with Gasteiger partial charge in [0.15, 0.2) is 5.82 Å². The fourth-order valence-corrected chi connectivity index (χ4v) is 4.25. The number of carbonyl (C=O) groups is 1. The summed E-state index contributed by atoms with van der Waals surface area (Å²) in [6, 6.07) is 6.35. The van der Waals surface area contributed by atoms with Crippen molar-refractivity contribution in [1.82, 2.24) is 15.3 Å². The summed E-state index contributed by atoms with van der Waals surface area (Å²) >= 11 is 0. The predicted octanol–water partition coefficient (Wildman–Crippen LogP) is 3.14. The lowest BCUT2D eigenvalue weighted by atomic mass is 9.95. The molecule has 2 aliphatic heterocycles. The fourth-order valence-electron chi connectivity index (χ4n) is 4.25. The van der Waals surface area contributed by atoms with Crippen LogP contribution in [0.3, 0.4) is 0 Å². The van der Waals surface area contributed by atoms with Gasteiger partial charge < -0.3 is 15.1 Å². The zero-order valence-corrected chi connectivity index (χ0v) is 16.7. The average molecular weight is 397 g/mol. The molecule has 0 spiro atoms. The Morgan fingerprint density at radius 3 is 2.66 bits per heavy atom. The van der Waals surface area contributed by atoms with Gasteiger partial charge in [-0.1, -0.05) is 12.1 Å². The van der Waals surface area contributed by atoms with Crippen LogP contribution in [0.15, 0.2) is 36.8 Å². The Balaban J connectivity index is 1.33. The molecule has 1 aromatic carbocycles. The summed E-state index contributed by atoms with van der Waals surface area (Å²) in [5.74, 6) is 0.783. The third-order valence-corrected chi connectivity index (χ3v) is 5.89. The van der Waals surface area contributed by atoms with Crippen molar-refractivity contribution in [1.29, 1.82) is 0 Å². The van der Waals surface area contributed by atoms with Crippen LogP contribution in [0.4, 0.5) is 15.9 Å². The number of hydrogen-bond donors (Lipinski definition) is 1. The molecular weight excluding hydrogens is 369 g/mol. The minimum absolute atomic E-state index is 0.0112. The van der Waals surface area contributed by atoms with E-state index in [0.717, 1.165) is 56.1 Å². The van der Waals surface area contributed by atoms with Crippen LogP contribution in [-0.4, -0.2) is 42.1 Å². The minimum atomic E-state index is -0.278. The van der Waals surface area contributed by atoms with Crippen molar-refractivity contribution in [3.63, 3.8) is 0 Å². The van der Waals surface area contributed by atoms with Crippen LogP contribution in [0, 0.1) is 11.7 Å². The van der Waals surface area contributed by atoms with Crippen LogP contribution in [-0.2, 0) is 11.3 Å². The van der Waals surface area contributed by atoms with Gasteiger partial charge >= 0.3 is 0 Å². The van der Waals surface area contributed by atoms with Gasteiger partial charge in [-0.3, -0.25) is 4.79 Å². The molecule has 4 rings (SSSR count). The van der Waals surface area contributed by atoms with Crippen LogP contribution in [0.1, 0.15) is 37.7 Å². The Labute approximate surface area is 171 Å². The maximum atomic E-state index is 13.3. The van der Waals surface area contributed by atoms with Gasteiger partial charge in [0.2, 0.25) is 5.91 Å². The van der Waals surface area contributed by atoms with E-state index in [4.69, 9.17) is 0 Å². The Bertz CT molecular complexity index is 831. The molecule has 29 heavy (non-hydrogen) atoms. The normalized spacial score (nSPS) is 18.0. The summed E-state index contributed by atoms with van der Waals surface area (Å²) in [6.45, 7) is 4.08. The van der Waals surface area contributed by atoms with Crippen LogP contribution >= 0.6 is 0 Å². The van der Waals surface area contributed by atoms with Crippen molar-refractivity contribution in [2.45, 2.75) is 38.6 Å². The lowest BCUT2D eigenvalue weighted by Gasteiger charge is -2.36. The van der Waals surface area contributed by atoms with Crippen LogP contribution < -0.4 is 15.1 Å². The van der Waals surface area contributed by atoms with Crippen molar-refractivity contribution in [2.75, 3.05) is 36.0 Å². The van der Waals surface area contributed by atoms with Crippen molar-refractivity contribution in [3.05, 3.63) is 48.2 Å². The Morgan fingerprint density at radius 1 is 1.10 bits per heavy atom. The first-order valence-electron chi connectivity index (χ1n) is 10.5. The number of piperidine rings is 2. The lowest BCUT2D eigenvalue weighted by molar-refractivity contribution is -0.125. The highest BCUT2D eigenvalue weighted by molar-refractivity contribution is 5.79. The number of halogens is 1. The SMILES string of the molecule is O=C(NCc1cccc(F)c1)C1CCN(c2cncnc2N2CCCCC2)CC1. The highest BCUT2D eigenvalue weighted by atomic mass is 19.1. The van der Waals surface area contributed by atoms with Gasteiger partial charge in [0.1, 0.15) is 12.1 Å². The number of nitrogens with zero attached hydrogens (tertiary/aromatic N) is 4. The molecule has 2 saturated heterocycles. The second-order valence-electron chi connectivity index (χ2n) is 7.89. The summed E-state index contributed by atoms with van der Waals surface area (Å²) in [4.78, 5) is 26.0. The predicted molar refractivity (Wildman–Crippen MR) is 111 cm³/mol. The highest BCUT2D eigenvalue weighted by Crippen LogP contribution is 2.31. The fraction of sp³-hybridized carbons (Fsp3) is 0.500. The van der Waals surface area contributed by atoms with E-state index in [-0.39, 0.29) is 17.6 Å². The Kier molecular flexibility index (Phi) is 6.22. The van der Waals surface area contributed by atoms with Crippen molar-refractivity contribution in [3.8, 4) is 0 Å². The first kappa shape index (κ1) is 19.6. The molecule has 154 valence electrons. The molecule has 1 amide bonds. The van der Waals surface area contributed by atoms with Gasteiger partial charge in [-0.05, 0) is 49.8 Å². The number of benzene rings is 1. The lowest BCUT2D eigenvalue weighted by Crippen LogP contribution is -2.41. The number of nitrogens with one attached hydrogen (secondary N) is 1. The second-order valence-corrected chi connectivity index (χ2v) is 7.89. The third kappa shape index (κ3) is 4.83. The van der Waals surface area contributed by atoms with E-state index in [2.05, 4.69) is 25.1 Å². The minimum Gasteiger partial charge on any atom is -0.367 e. The zero-order valence-electron chi connectivity index (χ0n) is 16.7. The molecule has 0 bridgehead atoms. The van der Waals surface area contributed by atoms with E-state index < -0.39 is 0 Å². The number of hydrogen-bond acceptors (Lipinski definition) is 5. The zero-order chi connectivity index (χ0) is 20.1. The smallest absolute Gasteiger partial charge is 0.223 e. The van der Waals surface area contributed by atoms with E-state index in [1.165, 1.54) is 31.4 Å². The molecule has 2 aromatic rings. The number of carbonyl (C=O) groups excluding carboxylic acids is 1. The van der Waals surface area contributed by atoms with Crippen LogP contribution in [0.2, 0.25) is 0 Å². The summed E-state index contributed by atoms with van der Waals surface area (Å²) in [5, 5.41) is 2.96. The van der Waals surface area contributed by atoms with Gasteiger partial charge in [0.05, 0.1) is 11.9 Å². The summed E-state index contributed by atoms with van der Waals surface area (Å²) < 4.78 is 13.3. The highest BCUT2D eigenvalue weighted by Gasteiger charge is 2.27. The quantitative estimate of drug-likeness (QED) is 0.840. The van der Waals surface area contributed by atoms with E-state index in [1.807, 2.05) is 12.3 Å². The molecule has 2 aliphatic rings. The van der Waals surface area contributed by atoms with Gasteiger partial charge in [0, 0.05) is 38.6 Å². The number of amides is 1. The molecule has 0 aliphatic carbocycles. The van der Waals surface area contributed by atoms with E-state index in [9.17, 15) is 9.18 Å². The molecule has 1 N–H and O–H groups in total. The molecule has 6 nitrogen and oxygen atoms in total. The summed E-state index contributed by atoms with van der Waals surface area (Å²) in [7, 11) is 0. The third-order valence-electron chi connectivity index (χ3n) is 5.89. The molecule has 0 unspecified atom stereocenters. The van der Waals surface area contributed by atoms with Crippen LogP contribution in [0.5, 0.6) is 0 Å². The Hall–Kier alpha value is -2.70. The number of rotatable bonds is 5. The number of anilines is 2. The molecule has 3 heterocycles. The van der Waals surface area contributed by atoms with Crippen molar-refractivity contribution < 1.29 is 9.18 Å². The molecule has 0 radical (unpaired) electrons. The standard InChI is InChI=1S/C22H28FN5O/c23-19-6-4-5-17(13-19)14-25-22(29)18-7-11-27(12-8-18)20-15-24-16-26-21(20)28-9-2-1-3-10-28/h4-6,13,15-16,18H,1-3,7-12,14H2,(H,25,29). The van der Waals surface area contributed by atoms with Crippen molar-refractivity contribution >= 4 is 17.4 Å². The Morgan fingerprint density at radius 2 is 1.90 bits per heavy atom. The average Bonchev–Trinajstić information content (AvgIpc) is 2.78. The molecule has 0 atom stereocenters. The first-order chi connectivity index (χ1) is 14.2. The molecular formula is C22H28FN5O. The number of aromatic nitrogens is 2. The topological polar surface area (TPSA) is 61.4 Å². The monoisotopic (exact) mass is 397 g/mol. The van der Waals surface area contributed by atoms with Gasteiger partial charge in [0.25, 0.3) is 0 Å². The van der Waals surface area contributed by atoms with E-state index in [0.29, 0.717) is 6.54 Å². The van der Waals surface area contributed by atoms with Gasteiger partial charge in [-0.25, -0.2) is 14.4 Å². The molecule has 1 aromatic heterocycles. The molecule has 7 heteroatoms. The van der Waals surface area contributed by atoms with Gasteiger partial charge in [-0.15, -0.1) is 0 Å². The maximum Gasteiger partial charge on any atom is 0.223 e. The molecule has 2 fully saturated rings. The largest absolute Gasteiger partial charge is 0.367 e. The first-order valence-corrected chi connectivity index (χ1v) is 10.5. The maximum absolute atomic E-state index is 13.3. The summed E-state index contributed by atoms with van der Waals surface area (Å²) in [6.07, 6.45) is 8.81. The van der Waals surface area contributed by atoms with Crippen molar-refractivity contribution in [2.24, 2.45) is 5.92 Å². The van der Waals surface area contributed by atoms with Gasteiger partial charge in [-0.2, -0.15) is 0 Å². The van der Waals surface area contributed by atoms with Crippen LogP contribution in [0.25, 0.3) is 0 Å². The summed E-state index contributed by atoms with van der Waals surface area (Å²) in [5.41, 5.74) is 1.86.